The van der Waals surface area contributed by atoms with Crippen molar-refractivity contribution in [2.24, 2.45) is 5.41 Å². The molecule has 0 fully saturated rings. The summed E-state index contributed by atoms with van der Waals surface area (Å²) in [7, 11) is 0. The van der Waals surface area contributed by atoms with Crippen LogP contribution in [0.4, 0.5) is 0 Å². The number of unbranched alkanes of at least 4 members (excludes halogenated alkanes) is 6. The molecule has 114 valence electrons. The van der Waals surface area contributed by atoms with Gasteiger partial charge in [0.25, 0.3) is 0 Å². The zero-order valence-electron chi connectivity index (χ0n) is 13.7. The maximum Gasteiger partial charge on any atom is 0.219 e. The van der Waals surface area contributed by atoms with Crippen molar-refractivity contribution in [3.63, 3.8) is 0 Å². The van der Waals surface area contributed by atoms with Crippen LogP contribution >= 0.6 is 0 Å². The third-order valence-corrected chi connectivity index (χ3v) is 3.43. The first-order valence-corrected chi connectivity index (χ1v) is 8.22. The smallest absolute Gasteiger partial charge is 0.219 e. The Kier molecular flexibility index (Phi) is 11.0. The van der Waals surface area contributed by atoms with Crippen molar-refractivity contribution in [3.8, 4) is 0 Å². The van der Waals surface area contributed by atoms with Gasteiger partial charge >= 0.3 is 0 Å². The fourth-order valence-electron chi connectivity index (χ4n) is 2.16. The molecule has 0 aliphatic heterocycles. The standard InChI is InChI=1S/C17H35NO/c1-5-6-7-8-12-15-18-16(19)13-10-9-11-14-17(2,3)4/h5-15H2,1-4H3,(H,18,19). The van der Waals surface area contributed by atoms with Crippen LogP contribution < -0.4 is 5.32 Å². The molecule has 1 amide bonds. The van der Waals surface area contributed by atoms with Crippen molar-refractivity contribution in [2.45, 2.75) is 91.9 Å². The summed E-state index contributed by atoms with van der Waals surface area (Å²) in [6.45, 7) is 9.92. The number of nitrogens with one attached hydrogen (secondary N) is 1. The monoisotopic (exact) mass is 269 g/mol. The molecule has 0 bridgehead atoms. The van der Waals surface area contributed by atoms with Gasteiger partial charge in [0.15, 0.2) is 0 Å². The topological polar surface area (TPSA) is 29.1 Å². The molecular weight excluding hydrogens is 234 g/mol. The van der Waals surface area contributed by atoms with E-state index in [9.17, 15) is 4.79 Å². The lowest BCUT2D eigenvalue weighted by Gasteiger charge is -2.17. The molecule has 2 heteroatoms. The van der Waals surface area contributed by atoms with Gasteiger partial charge in [-0.05, 0) is 24.7 Å². The first-order chi connectivity index (χ1) is 8.95. The van der Waals surface area contributed by atoms with E-state index in [0.29, 0.717) is 11.8 Å². The molecule has 0 aliphatic rings. The average molecular weight is 269 g/mol. The van der Waals surface area contributed by atoms with E-state index < -0.39 is 0 Å². The highest BCUT2D eigenvalue weighted by atomic mass is 16.1. The molecule has 0 radical (unpaired) electrons. The van der Waals surface area contributed by atoms with Crippen LogP contribution in [0.25, 0.3) is 0 Å². The van der Waals surface area contributed by atoms with E-state index in [1.54, 1.807) is 0 Å². The number of hydrogen-bond acceptors (Lipinski definition) is 1. The summed E-state index contributed by atoms with van der Waals surface area (Å²) in [5.41, 5.74) is 0.431. The summed E-state index contributed by atoms with van der Waals surface area (Å²) >= 11 is 0. The second kappa shape index (κ2) is 11.3. The molecule has 0 spiro atoms. The summed E-state index contributed by atoms with van der Waals surface area (Å²) in [6, 6.07) is 0. The van der Waals surface area contributed by atoms with Crippen molar-refractivity contribution in [1.82, 2.24) is 5.32 Å². The second-order valence-electron chi connectivity index (χ2n) is 6.89. The molecule has 0 heterocycles. The van der Waals surface area contributed by atoms with Gasteiger partial charge in [0, 0.05) is 13.0 Å². The van der Waals surface area contributed by atoms with Crippen LogP contribution in [0.1, 0.15) is 91.9 Å². The van der Waals surface area contributed by atoms with Crippen molar-refractivity contribution in [3.05, 3.63) is 0 Å². The fraction of sp³-hybridized carbons (Fsp3) is 0.941. The van der Waals surface area contributed by atoms with Crippen molar-refractivity contribution >= 4 is 5.91 Å². The zero-order chi connectivity index (χ0) is 14.6. The average Bonchev–Trinajstić information content (AvgIpc) is 2.31. The quantitative estimate of drug-likeness (QED) is 0.521. The van der Waals surface area contributed by atoms with Crippen LogP contribution in [0, 0.1) is 5.41 Å². The zero-order valence-corrected chi connectivity index (χ0v) is 13.7. The van der Waals surface area contributed by atoms with E-state index in [1.165, 1.54) is 44.9 Å². The highest BCUT2D eigenvalue weighted by Crippen LogP contribution is 2.22. The van der Waals surface area contributed by atoms with Crippen LogP contribution in [0.3, 0.4) is 0 Å². The molecule has 2 nitrogen and oxygen atoms in total. The van der Waals surface area contributed by atoms with Crippen LogP contribution in [-0.2, 0) is 4.79 Å². The molecule has 0 atom stereocenters. The summed E-state index contributed by atoms with van der Waals surface area (Å²) in [5.74, 6) is 0.242. The van der Waals surface area contributed by atoms with Crippen LogP contribution in [0.5, 0.6) is 0 Å². The Morgan fingerprint density at radius 2 is 1.53 bits per heavy atom. The van der Waals surface area contributed by atoms with E-state index in [4.69, 9.17) is 0 Å². The maximum absolute atomic E-state index is 11.6. The Hall–Kier alpha value is -0.530. The van der Waals surface area contributed by atoms with Gasteiger partial charge in [0.2, 0.25) is 5.91 Å². The molecule has 1 N–H and O–H groups in total. The van der Waals surface area contributed by atoms with Crippen molar-refractivity contribution < 1.29 is 4.79 Å². The van der Waals surface area contributed by atoms with E-state index in [2.05, 4.69) is 33.0 Å². The maximum atomic E-state index is 11.6. The minimum atomic E-state index is 0.242. The Morgan fingerprint density at radius 3 is 2.16 bits per heavy atom. The first kappa shape index (κ1) is 18.5. The molecular formula is C17H35NO. The number of rotatable bonds is 11. The minimum Gasteiger partial charge on any atom is -0.356 e. The predicted molar refractivity (Wildman–Crippen MR) is 84.3 cm³/mol. The fourth-order valence-corrected chi connectivity index (χ4v) is 2.16. The van der Waals surface area contributed by atoms with E-state index >= 15 is 0 Å². The molecule has 0 aromatic carbocycles. The number of hydrogen-bond donors (Lipinski definition) is 1. The Morgan fingerprint density at radius 1 is 0.895 bits per heavy atom. The molecule has 0 aromatic heterocycles. The Labute approximate surface area is 120 Å². The van der Waals surface area contributed by atoms with Gasteiger partial charge in [-0.15, -0.1) is 0 Å². The normalized spacial score (nSPS) is 11.6. The van der Waals surface area contributed by atoms with Gasteiger partial charge < -0.3 is 5.32 Å². The molecule has 0 unspecified atom stereocenters. The number of carbonyl (C=O) groups is 1. The molecule has 0 aromatic rings. The van der Waals surface area contributed by atoms with Crippen molar-refractivity contribution in [2.75, 3.05) is 6.54 Å². The molecule has 19 heavy (non-hydrogen) atoms. The number of carbonyl (C=O) groups excluding carboxylic acids is 1. The van der Waals surface area contributed by atoms with E-state index in [0.717, 1.165) is 19.4 Å². The summed E-state index contributed by atoms with van der Waals surface area (Å²) in [5, 5.41) is 3.03. The second-order valence-corrected chi connectivity index (χ2v) is 6.89. The molecule has 0 aliphatic carbocycles. The van der Waals surface area contributed by atoms with Crippen LogP contribution in [-0.4, -0.2) is 12.5 Å². The summed E-state index contributed by atoms with van der Waals surface area (Å²) in [4.78, 5) is 11.6. The lowest BCUT2D eigenvalue weighted by molar-refractivity contribution is -0.121. The van der Waals surface area contributed by atoms with E-state index in [1.807, 2.05) is 0 Å². The van der Waals surface area contributed by atoms with Gasteiger partial charge in [-0.25, -0.2) is 0 Å². The lowest BCUT2D eigenvalue weighted by atomic mass is 9.89. The van der Waals surface area contributed by atoms with E-state index in [-0.39, 0.29) is 5.91 Å². The molecule has 0 saturated heterocycles. The van der Waals surface area contributed by atoms with Gasteiger partial charge in [-0.1, -0.05) is 66.2 Å². The lowest BCUT2D eigenvalue weighted by Crippen LogP contribution is -2.23. The Balaban J connectivity index is 3.26. The third kappa shape index (κ3) is 15.4. The summed E-state index contributed by atoms with van der Waals surface area (Å²) in [6.07, 6.45) is 11.7. The highest BCUT2D eigenvalue weighted by molar-refractivity contribution is 5.75. The van der Waals surface area contributed by atoms with Crippen LogP contribution in [0.15, 0.2) is 0 Å². The summed E-state index contributed by atoms with van der Waals surface area (Å²) < 4.78 is 0. The van der Waals surface area contributed by atoms with Gasteiger partial charge in [0.1, 0.15) is 0 Å². The highest BCUT2D eigenvalue weighted by Gasteiger charge is 2.09. The van der Waals surface area contributed by atoms with Crippen LogP contribution in [0.2, 0.25) is 0 Å². The Bertz CT molecular complexity index is 218. The molecule has 0 saturated carbocycles. The predicted octanol–water partition coefficient (Wildman–Crippen LogP) is 5.07. The van der Waals surface area contributed by atoms with Crippen molar-refractivity contribution in [1.29, 1.82) is 0 Å². The third-order valence-electron chi connectivity index (χ3n) is 3.43. The van der Waals surface area contributed by atoms with Gasteiger partial charge in [0.05, 0.1) is 0 Å². The molecule has 0 rings (SSSR count). The van der Waals surface area contributed by atoms with Gasteiger partial charge in [-0.2, -0.15) is 0 Å². The minimum absolute atomic E-state index is 0.242. The SMILES string of the molecule is CCCCCCCNC(=O)CCCCCC(C)(C)C. The largest absolute Gasteiger partial charge is 0.356 e. The number of amides is 1. The van der Waals surface area contributed by atoms with Gasteiger partial charge in [-0.3, -0.25) is 4.79 Å². The first-order valence-electron chi connectivity index (χ1n) is 8.22.